The Bertz CT molecular complexity index is 466. The maximum absolute atomic E-state index is 3.14. The molecule has 3 nitrogen and oxygen atoms in total. The monoisotopic (exact) mass is 409 g/mol. The Morgan fingerprint density at radius 3 is 1.35 bits per heavy atom. The molecule has 0 fully saturated rings. The molecule has 0 aromatic carbocycles. The molecule has 23 heavy (non-hydrogen) atoms. The summed E-state index contributed by atoms with van der Waals surface area (Å²) in [6.45, 7) is 30.4. The third-order valence-electron chi connectivity index (χ3n) is 3.73. The van der Waals surface area contributed by atoms with Gasteiger partial charge in [0, 0.05) is 13.1 Å². The van der Waals surface area contributed by atoms with E-state index in [1.54, 1.807) is 0 Å². The van der Waals surface area contributed by atoms with Crippen molar-refractivity contribution in [1.29, 1.82) is 0 Å². The highest BCUT2D eigenvalue weighted by molar-refractivity contribution is 8.20. The minimum absolute atomic E-state index is 0.0199. The summed E-state index contributed by atoms with van der Waals surface area (Å²) < 4.78 is 9.07. The van der Waals surface area contributed by atoms with E-state index in [4.69, 9.17) is 0 Å². The lowest BCUT2D eigenvalue weighted by molar-refractivity contribution is 0.789. The molecule has 1 aromatic heterocycles. The second-order valence-electron chi connectivity index (χ2n) is 9.60. The van der Waals surface area contributed by atoms with Gasteiger partial charge in [0.25, 0.3) is 0 Å². The van der Waals surface area contributed by atoms with E-state index in [1.807, 2.05) is 0 Å². The van der Waals surface area contributed by atoms with Crippen molar-refractivity contribution in [1.82, 2.24) is 3.76 Å². The number of aromatic nitrogens is 1. The van der Waals surface area contributed by atoms with Crippen LogP contribution in [0.3, 0.4) is 0 Å². The Morgan fingerprint density at radius 1 is 0.696 bits per heavy atom. The van der Waals surface area contributed by atoms with Gasteiger partial charge in [-0.25, -0.2) is 4.67 Å². The van der Waals surface area contributed by atoms with Crippen molar-refractivity contribution in [2.45, 2.75) is 85.6 Å². The zero-order valence-electron chi connectivity index (χ0n) is 17.6. The van der Waals surface area contributed by atoms with Crippen LogP contribution in [0.15, 0.2) is 0 Å². The molecule has 0 saturated heterocycles. The topological polar surface area (TPSA) is 11.4 Å². The number of nitrogens with zero attached hydrogens (tertiary/aromatic N) is 3. The van der Waals surface area contributed by atoms with Gasteiger partial charge in [0.05, 0.1) is 15.0 Å². The number of hydrogen-bond acceptors (Lipinski definition) is 2. The molecule has 0 radical (unpaired) electrons. The Morgan fingerprint density at radius 2 is 1.09 bits per heavy atom. The van der Waals surface area contributed by atoms with Crippen LogP contribution in [-0.4, -0.2) is 41.6 Å². The molecule has 0 spiro atoms. The van der Waals surface area contributed by atoms with Crippen LogP contribution in [0.1, 0.15) is 26.7 Å². The third kappa shape index (κ3) is 5.47. The van der Waals surface area contributed by atoms with Crippen LogP contribution in [0.2, 0.25) is 58.9 Å². The molecule has 1 aromatic rings. The van der Waals surface area contributed by atoms with E-state index < -0.39 is 24.7 Å². The smallest absolute Gasteiger partial charge is 0.164 e. The molecule has 138 valence electrons. The first kappa shape index (κ1) is 22.0. The first-order valence-corrected chi connectivity index (χ1v) is 22.8. The molecule has 2 unspecified atom stereocenters. The summed E-state index contributed by atoms with van der Waals surface area (Å²) in [6, 6.07) is 0. The van der Waals surface area contributed by atoms with Gasteiger partial charge in [-0.15, -0.1) is 0 Å². The van der Waals surface area contributed by atoms with Gasteiger partial charge in [-0.2, -0.15) is 0 Å². The van der Waals surface area contributed by atoms with Crippen LogP contribution in [0, 0.1) is 0 Å². The zero-order valence-corrected chi connectivity index (χ0v) is 22.4. The van der Waals surface area contributed by atoms with E-state index in [-0.39, 0.29) is 15.0 Å². The van der Waals surface area contributed by atoms with E-state index in [1.165, 1.54) is 25.9 Å². The molecular weight excluding hydrogens is 368 g/mol. The van der Waals surface area contributed by atoms with Gasteiger partial charge in [-0.3, -0.25) is 4.00 Å². The summed E-state index contributed by atoms with van der Waals surface area (Å²) in [5.41, 5.74) is 0. The quantitative estimate of drug-likeness (QED) is 0.431. The molecule has 0 bridgehead atoms. The van der Waals surface area contributed by atoms with Gasteiger partial charge in [-0.05, 0) is 12.8 Å². The lowest BCUT2D eigenvalue weighted by Crippen LogP contribution is -2.57. The van der Waals surface area contributed by atoms with Crippen LogP contribution in [0.5, 0.6) is 0 Å². The molecule has 0 amide bonds. The molecule has 0 N–H and O–H groups in total. The van der Waals surface area contributed by atoms with E-state index in [9.17, 15) is 0 Å². The average molecular weight is 410 g/mol. The Balaban J connectivity index is 3.39. The van der Waals surface area contributed by atoms with Crippen LogP contribution in [-0.2, 0) is 0 Å². The van der Waals surface area contributed by atoms with Crippen molar-refractivity contribution in [3.8, 4) is 0 Å². The largest absolute Gasteiger partial charge is 0.318 e. The van der Waals surface area contributed by atoms with Gasteiger partial charge in [0.15, 0.2) is 8.24 Å². The molecule has 1 heterocycles. The lowest BCUT2D eigenvalue weighted by Gasteiger charge is -2.41. The van der Waals surface area contributed by atoms with Gasteiger partial charge in [0.2, 0.25) is 0 Å². The standard InChI is InChI=1S/C15H41N3P2Si3/c1-12-14-16(15-13-2)19-17(21(3,4)5)20(19)18(22(6,7)8)23(9,10)11/h12-15H2,1-11H3. The number of rotatable bonds is 9. The maximum atomic E-state index is 3.14. The maximum Gasteiger partial charge on any atom is 0.164 e. The third-order valence-corrected chi connectivity index (χ3v) is 28.8. The zero-order chi connectivity index (χ0) is 18.2. The first-order valence-electron chi connectivity index (χ1n) is 9.22. The fourth-order valence-electron chi connectivity index (χ4n) is 3.40. The molecule has 2 atom stereocenters. The fourth-order valence-corrected chi connectivity index (χ4v) is 39.8. The van der Waals surface area contributed by atoms with Crippen LogP contribution >= 0.6 is 15.0 Å². The summed E-state index contributed by atoms with van der Waals surface area (Å²) in [4.78, 5) is 0. The fraction of sp³-hybridized carbons (Fsp3) is 1.00. The van der Waals surface area contributed by atoms with Crippen molar-refractivity contribution in [2.75, 3.05) is 21.8 Å². The minimum Gasteiger partial charge on any atom is -0.318 e. The highest BCUT2D eigenvalue weighted by atomic mass is 31.9. The molecular formula is C15H41N3P2Si3. The lowest BCUT2D eigenvalue weighted by atomic mass is 10.4. The number of hydrogen-bond donors (Lipinski definition) is 0. The van der Waals surface area contributed by atoms with E-state index in [2.05, 4.69) is 85.2 Å². The molecule has 0 saturated carbocycles. The van der Waals surface area contributed by atoms with Crippen molar-refractivity contribution in [3.63, 3.8) is 0 Å². The summed E-state index contributed by atoms with van der Waals surface area (Å²) in [5, 5.41) is 0. The molecule has 0 aliphatic rings. The molecule has 8 heteroatoms. The van der Waals surface area contributed by atoms with Crippen molar-refractivity contribution < 1.29 is 0 Å². The summed E-state index contributed by atoms with van der Waals surface area (Å²) in [6.07, 6.45) is 2.59. The second-order valence-corrected chi connectivity index (χ2v) is 31.2. The van der Waals surface area contributed by atoms with Crippen LogP contribution in [0.25, 0.3) is 0 Å². The van der Waals surface area contributed by atoms with E-state index in [0.29, 0.717) is 0 Å². The van der Waals surface area contributed by atoms with Crippen molar-refractivity contribution >= 4 is 39.7 Å². The summed E-state index contributed by atoms with van der Waals surface area (Å²) in [5.74, 6) is 0. The van der Waals surface area contributed by atoms with Gasteiger partial charge >= 0.3 is 0 Å². The Hall–Kier alpha value is 0.971. The molecule has 1 rings (SSSR count). The van der Waals surface area contributed by atoms with Gasteiger partial charge in [-0.1, -0.05) is 72.8 Å². The van der Waals surface area contributed by atoms with E-state index >= 15 is 0 Å². The summed E-state index contributed by atoms with van der Waals surface area (Å²) in [7, 11) is -3.85. The molecule has 0 aliphatic carbocycles. The molecule has 0 aliphatic heterocycles. The Kier molecular flexibility index (Phi) is 7.36. The highest BCUT2D eigenvalue weighted by Crippen LogP contribution is 2.69. The highest BCUT2D eigenvalue weighted by Gasteiger charge is 2.46. The van der Waals surface area contributed by atoms with Crippen LogP contribution in [0.4, 0.5) is 0 Å². The normalized spacial score (nSPS) is 16.0. The average Bonchev–Trinajstić information content (AvgIpc) is 2.99. The predicted octanol–water partition coefficient (Wildman–Crippen LogP) is 6.51. The summed E-state index contributed by atoms with van der Waals surface area (Å²) >= 11 is 0. The van der Waals surface area contributed by atoms with E-state index in [0.717, 1.165) is 0 Å². The minimum atomic E-state index is -1.28. The first-order chi connectivity index (χ1) is 10.3. The van der Waals surface area contributed by atoms with Crippen molar-refractivity contribution in [3.05, 3.63) is 0 Å². The second kappa shape index (κ2) is 7.69. The van der Waals surface area contributed by atoms with Gasteiger partial charge < -0.3 is 3.76 Å². The SMILES string of the molecule is CCCN(CCC)p1n([Si](C)(C)C)p1N([Si](C)(C)C)[Si](C)(C)C. The van der Waals surface area contributed by atoms with Crippen LogP contribution < -0.4 is 8.67 Å². The van der Waals surface area contributed by atoms with Gasteiger partial charge in [0.1, 0.15) is 16.5 Å². The Labute approximate surface area is 150 Å². The van der Waals surface area contributed by atoms with Crippen molar-refractivity contribution in [2.24, 2.45) is 0 Å². The predicted molar refractivity (Wildman–Crippen MR) is 122 cm³/mol.